The smallest absolute Gasteiger partial charge is 0.165 e. The minimum absolute atomic E-state index is 0.179. The second kappa shape index (κ2) is 5.97. The first-order valence-corrected chi connectivity index (χ1v) is 6.52. The van der Waals surface area contributed by atoms with E-state index in [0.29, 0.717) is 19.6 Å². The Labute approximate surface area is 103 Å². The maximum absolute atomic E-state index is 11.8. The summed E-state index contributed by atoms with van der Waals surface area (Å²) < 4.78 is 5.19. The summed E-state index contributed by atoms with van der Waals surface area (Å²) in [6, 6.07) is 8.14. The van der Waals surface area contributed by atoms with Gasteiger partial charge in [-0.3, -0.25) is 4.79 Å². The molecular weight excluding hydrogens is 212 g/mol. The standard InChI is InChI=1S/C15H20O2/c1-2-17-11-10-15(16)14-8-6-13(7-9-14)12-4-3-5-12/h6-9,12H,2-5,10-11H2,1H3. The largest absolute Gasteiger partial charge is 0.381 e. The number of carbonyl (C=O) groups excluding carboxylic acids is 1. The van der Waals surface area contributed by atoms with E-state index >= 15 is 0 Å². The minimum atomic E-state index is 0.179. The Bertz CT molecular complexity index is 363. The number of ketones is 1. The van der Waals surface area contributed by atoms with Crippen molar-refractivity contribution in [2.75, 3.05) is 13.2 Å². The second-order valence-electron chi connectivity index (χ2n) is 4.62. The van der Waals surface area contributed by atoms with Crippen LogP contribution < -0.4 is 0 Å². The Hall–Kier alpha value is -1.15. The molecule has 2 rings (SSSR count). The Morgan fingerprint density at radius 3 is 2.53 bits per heavy atom. The lowest BCUT2D eigenvalue weighted by atomic mass is 9.80. The Balaban J connectivity index is 1.90. The monoisotopic (exact) mass is 232 g/mol. The van der Waals surface area contributed by atoms with Crippen LogP contribution in [-0.2, 0) is 4.74 Å². The van der Waals surface area contributed by atoms with Gasteiger partial charge in [0.2, 0.25) is 0 Å². The van der Waals surface area contributed by atoms with Crippen molar-refractivity contribution in [3.8, 4) is 0 Å². The molecule has 0 spiro atoms. The van der Waals surface area contributed by atoms with Crippen molar-refractivity contribution in [3.63, 3.8) is 0 Å². The summed E-state index contributed by atoms with van der Waals surface area (Å²) in [6.07, 6.45) is 4.44. The van der Waals surface area contributed by atoms with Gasteiger partial charge in [-0.05, 0) is 31.2 Å². The van der Waals surface area contributed by atoms with E-state index < -0.39 is 0 Å². The highest BCUT2D eigenvalue weighted by Crippen LogP contribution is 2.36. The van der Waals surface area contributed by atoms with Crippen molar-refractivity contribution >= 4 is 5.78 Å². The summed E-state index contributed by atoms with van der Waals surface area (Å²) in [5.74, 6) is 0.918. The molecule has 2 heteroatoms. The molecule has 0 aromatic heterocycles. The fraction of sp³-hybridized carbons (Fsp3) is 0.533. The number of ether oxygens (including phenoxy) is 1. The van der Waals surface area contributed by atoms with Gasteiger partial charge >= 0.3 is 0 Å². The summed E-state index contributed by atoms with van der Waals surface area (Å²) in [4.78, 5) is 11.8. The zero-order valence-electron chi connectivity index (χ0n) is 10.4. The number of rotatable bonds is 6. The van der Waals surface area contributed by atoms with E-state index in [2.05, 4.69) is 12.1 Å². The molecule has 2 nitrogen and oxygen atoms in total. The average molecular weight is 232 g/mol. The van der Waals surface area contributed by atoms with Gasteiger partial charge in [-0.2, -0.15) is 0 Å². The van der Waals surface area contributed by atoms with Gasteiger partial charge in [-0.15, -0.1) is 0 Å². The molecule has 0 unspecified atom stereocenters. The lowest BCUT2D eigenvalue weighted by Gasteiger charge is -2.25. The molecule has 0 aliphatic heterocycles. The van der Waals surface area contributed by atoms with Gasteiger partial charge < -0.3 is 4.74 Å². The SMILES string of the molecule is CCOCCC(=O)c1ccc(C2CCC2)cc1. The van der Waals surface area contributed by atoms with E-state index in [0.717, 1.165) is 11.5 Å². The molecule has 0 heterocycles. The van der Waals surface area contributed by atoms with Crippen LogP contribution in [0.1, 0.15) is 54.4 Å². The first-order valence-electron chi connectivity index (χ1n) is 6.52. The molecule has 0 atom stereocenters. The zero-order valence-corrected chi connectivity index (χ0v) is 10.4. The highest BCUT2D eigenvalue weighted by atomic mass is 16.5. The van der Waals surface area contributed by atoms with Crippen molar-refractivity contribution in [2.24, 2.45) is 0 Å². The van der Waals surface area contributed by atoms with Crippen molar-refractivity contribution in [1.29, 1.82) is 0 Å². The molecule has 1 fully saturated rings. The van der Waals surface area contributed by atoms with Crippen molar-refractivity contribution < 1.29 is 9.53 Å². The molecule has 1 aromatic rings. The van der Waals surface area contributed by atoms with Gasteiger partial charge in [0, 0.05) is 18.6 Å². The highest BCUT2D eigenvalue weighted by Gasteiger charge is 2.19. The van der Waals surface area contributed by atoms with Crippen LogP contribution in [0.5, 0.6) is 0 Å². The van der Waals surface area contributed by atoms with Crippen LogP contribution in [0, 0.1) is 0 Å². The molecular formula is C15H20O2. The van der Waals surface area contributed by atoms with Gasteiger partial charge in [0.25, 0.3) is 0 Å². The predicted octanol–water partition coefficient (Wildman–Crippen LogP) is 3.56. The van der Waals surface area contributed by atoms with E-state index in [1.165, 1.54) is 24.8 Å². The second-order valence-corrected chi connectivity index (χ2v) is 4.62. The molecule has 0 radical (unpaired) electrons. The summed E-state index contributed by atoms with van der Waals surface area (Å²) >= 11 is 0. The van der Waals surface area contributed by atoms with Gasteiger partial charge in [0.1, 0.15) is 0 Å². The molecule has 1 aliphatic carbocycles. The van der Waals surface area contributed by atoms with E-state index in [-0.39, 0.29) is 5.78 Å². The third-order valence-electron chi connectivity index (χ3n) is 3.49. The van der Waals surface area contributed by atoms with Gasteiger partial charge in [0.15, 0.2) is 5.78 Å². The topological polar surface area (TPSA) is 26.3 Å². The molecule has 1 aromatic carbocycles. The van der Waals surface area contributed by atoms with Crippen LogP contribution in [-0.4, -0.2) is 19.0 Å². The molecule has 1 aliphatic rings. The number of Topliss-reactive ketones (excluding diaryl/α,β-unsaturated/α-hetero) is 1. The van der Waals surface area contributed by atoms with Crippen LogP contribution in [0.2, 0.25) is 0 Å². The van der Waals surface area contributed by atoms with E-state index in [4.69, 9.17) is 4.74 Å². The lowest BCUT2D eigenvalue weighted by molar-refractivity contribution is 0.0896. The van der Waals surface area contributed by atoms with Crippen molar-refractivity contribution in [3.05, 3.63) is 35.4 Å². The zero-order chi connectivity index (χ0) is 12.1. The summed E-state index contributed by atoms with van der Waals surface area (Å²) in [5.41, 5.74) is 2.20. The third kappa shape index (κ3) is 3.16. The molecule has 0 amide bonds. The first-order chi connectivity index (χ1) is 8.31. The fourth-order valence-corrected chi connectivity index (χ4v) is 2.14. The van der Waals surface area contributed by atoms with Crippen molar-refractivity contribution in [2.45, 2.75) is 38.5 Å². The van der Waals surface area contributed by atoms with Gasteiger partial charge in [0.05, 0.1) is 6.61 Å². The quantitative estimate of drug-likeness (QED) is 0.553. The molecule has 0 saturated heterocycles. The minimum Gasteiger partial charge on any atom is -0.381 e. The highest BCUT2D eigenvalue weighted by molar-refractivity contribution is 5.96. The molecule has 17 heavy (non-hydrogen) atoms. The third-order valence-corrected chi connectivity index (χ3v) is 3.49. The van der Waals surface area contributed by atoms with Gasteiger partial charge in [-0.25, -0.2) is 0 Å². The average Bonchev–Trinajstić information content (AvgIpc) is 2.28. The summed E-state index contributed by atoms with van der Waals surface area (Å²) in [5, 5.41) is 0. The molecule has 92 valence electrons. The van der Waals surface area contributed by atoms with Crippen LogP contribution in [0.15, 0.2) is 24.3 Å². The van der Waals surface area contributed by atoms with Crippen molar-refractivity contribution in [1.82, 2.24) is 0 Å². The lowest BCUT2D eigenvalue weighted by Crippen LogP contribution is -2.09. The van der Waals surface area contributed by atoms with Crippen LogP contribution in [0.4, 0.5) is 0 Å². The molecule has 0 bridgehead atoms. The molecule has 0 N–H and O–H groups in total. The molecule has 1 saturated carbocycles. The van der Waals surface area contributed by atoms with Crippen LogP contribution in [0.3, 0.4) is 0 Å². The van der Waals surface area contributed by atoms with Gasteiger partial charge in [-0.1, -0.05) is 30.7 Å². The number of hydrogen-bond acceptors (Lipinski definition) is 2. The fourth-order valence-electron chi connectivity index (χ4n) is 2.14. The van der Waals surface area contributed by atoms with E-state index in [1.807, 2.05) is 19.1 Å². The summed E-state index contributed by atoms with van der Waals surface area (Å²) in [6.45, 7) is 3.14. The van der Waals surface area contributed by atoms with Crippen LogP contribution >= 0.6 is 0 Å². The maximum atomic E-state index is 11.8. The van der Waals surface area contributed by atoms with E-state index in [1.54, 1.807) is 0 Å². The Kier molecular flexibility index (Phi) is 4.32. The number of hydrogen-bond donors (Lipinski definition) is 0. The predicted molar refractivity (Wildman–Crippen MR) is 68.5 cm³/mol. The Morgan fingerprint density at radius 2 is 2.00 bits per heavy atom. The summed E-state index contributed by atoms with van der Waals surface area (Å²) in [7, 11) is 0. The maximum Gasteiger partial charge on any atom is 0.165 e. The number of benzene rings is 1. The van der Waals surface area contributed by atoms with E-state index in [9.17, 15) is 4.79 Å². The normalized spacial score (nSPS) is 15.6. The number of carbonyl (C=O) groups is 1. The van der Waals surface area contributed by atoms with Crippen LogP contribution in [0.25, 0.3) is 0 Å². The Morgan fingerprint density at radius 1 is 1.29 bits per heavy atom. The first kappa shape index (κ1) is 12.3.